The number of halogens is 2. The molecule has 1 heterocycles. The molecule has 0 fully saturated rings. The minimum atomic E-state index is 0.255. The van der Waals surface area contributed by atoms with Gasteiger partial charge in [0.05, 0.1) is 9.83 Å². The first-order chi connectivity index (χ1) is 9.04. The Kier molecular flexibility index (Phi) is 5.23. The van der Waals surface area contributed by atoms with Crippen LogP contribution in [0.25, 0.3) is 0 Å². The van der Waals surface area contributed by atoms with E-state index in [0.29, 0.717) is 0 Å². The largest absolute Gasteiger partial charge is 0.306 e. The maximum absolute atomic E-state index is 3.63. The van der Waals surface area contributed by atoms with E-state index in [1.165, 1.54) is 29.8 Å². The molecule has 0 aliphatic heterocycles. The van der Waals surface area contributed by atoms with Crippen molar-refractivity contribution >= 4 is 43.2 Å². The van der Waals surface area contributed by atoms with Crippen molar-refractivity contribution in [2.45, 2.75) is 26.8 Å². The van der Waals surface area contributed by atoms with E-state index in [0.717, 1.165) is 6.54 Å². The molecule has 1 unspecified atom stereocenters. The van der Waals surface area contributed by atoms with E-state index in [4.69, 9.17) is 0 Å². The lowest BCUT2D eigenvalue weighted by Crippen LogP contribution is -2.23. The second-order valence-electron chi connectivity index (χ2n) is 4.51. The van der Waals surface area contributed by atoms with Crippen molar-refractivity contribution in [1.29, 1.82) is 0 Å². The molecule has 2 aromatic rings. The molecule has 0 aliphatic rings. The molecule has 1 aromatic heterocycles. The second-order valence-corrected chi connectivity index (χ2v) is 8.00. The summed E-state index contributed by atoms with van der Waals surface area (Å²) < 4.78 is 2.36. The summed E-state index contributed by atoms with van der Waals surface area (Å²) in [5, 5.41) is 3.60. The highest BCUT2D eigenvalue weighted by Crippen LogP contribution is 2.35. The first-order valence-electron chi connectivity index (χ1n) is 6.28. The molecular formula is C15H17Br2NS. The number of thiophene rings is 1. The summed E-state index contributed by atoms with van der Waals surface area (Å²) in [6.07, 6.45) is 0. The highest BCUT2D eigenvalue weighted by Gasteiger charge is 2.19. The van der Waals surface area contributed by atoms with Crippen LogP contribution >= 0.6 is 43.2 Å². The first-order valence-corrected chi connectivity index (χ1v) is 8.69. The molecule has 0 spiro atoms. The number of rotatable bonds is 4. The van der Waals surface area contributed by atoms with Crippen LogP contribution in [0.4, 0.5) is 0 Å². The van der Waals surface area contributed by atoms with E-state index in [2.05, 4.69) is 82.2 Å². The van der Waals surface area contributed by atoms with Crippen LogP contribution < -0.4 is 5.32 Å². The Labute approximate surface area is 135 Å². The minimum absolute atomic E-state index is 0.255. The van der Waals surface area contributed by atoms with Crippen LogP contribution in [-0.2, 0) is 0 Å². The van der Waals surface area contributed by atoms with Crippen molar-refractivity contribution in [2.24, 2.45) is 0 Å². The fourth-order valence-electron chi connectivity index (χ4n) is 2.27. The third-order valence-corrected chi connectivity index (χ3v) is 5.69. The zero-order valence-corrected chi connectivity index (χ0v) is 15.2. The van der Waals surface area contributed by atoms with Crippen molar-refractivity contribution in [3.05, 3.63) is 54.1 Å². The zero-order valence-electron chi connectivity index (χ0n) is 11.3. The molecule has 0 bridgehead atoms. The van der Waals surface area contributed by atoms with Crippen LogP contribution in [0.5, 0.6) is 0 Å². The Morgan fingerprint density at radius 2 is 1.95 bits per heavy atom. The van der Waals surface area contributed by atoms with Gasteiger partial charge in [-0.1, -0.05) is 35.0 Å². The normalized spacial score (nSPS) is 12.7. The molecule has 102 valence electrons. The van der Waals surface area contributed by atoms with E-state index in [1.807, 2.05) is 0 Å². The van der Waals surface area contributed by atoms with Gasteiger partial charge in [0.1, 0.15) is 0 Å². The van der Waals surface area contributed by atoms with Crippen LogP contribution in [0.15, 0.2) is 32.5 Å². The molecule has 0 saturated carbocycles. The highest BCUT2D eigenvalue weighted by molar-refractivity contribution is 9.11. The molecular weight excluding hydrogens is 386 g/mol. The summed E-state index contributed by atoms with van der Waals surface area (Å²) in [6.45, 7) is 7.45. The summed E-state index contributed by atoms with van der Waals surface area (Å²) in [4.78, 5) is 1.36. The van der Waals surface area contributed by atoms with E-state index in [-0.39, 0.29) is 6.04 Å². The Morgan fingerprint density at radius 3 is 2.53 bits per heavy atom. The smallest absolute Gasteiger partial charge is 0.0704 e. The number of hydrogen-bond acceptors (Lipinski definition) is 2. The summed E-state index contributed by atoms with van der Waals surface area (Å²) in [5.41, 5.74) is 4.00. The van der Waals surface area contributed by atoms with Gasteiger partial charge in [0.25, 0.3) is 0 Å². The zero-order chi connectivity index (χ0) is 14.0. The topological polar surface area (TPSA) is 12.0 Å². The first kappa shape index (κ1) is 15.2. The maximum atomic E-state index is 3.63. The maximum Gasteiger partial charge on any atom is 0.0704 e. The fraction of sp³-hybridized carbons (Fsp3) is 0.333. The average Bonchev–Trinajstić information content (AvgIpc) is 2.69. The van der Waals surface area contributed by atoms with E-state index in [9.17, 15) is 0 Å². The van der Waals surface area contributed by atoms with Crippen LogP contribution in [0.1, 0.15) is 34.5 Å². The lowest BCUT2D eigenvalue weighted by molar-refractivity contribution is 0.626. The molecule has 19 heavy (non-hydrogen) atoms. The number of benzene rings is 1. The lowest BCUT2D eigenvalue weighted by Gasteiger charge is -2.21. The minimum Gasteiger partial charge on any atom is -0.306 e. The molecule has 0 radical (unpaired) electrons. The predicted octanol–water partition coefficient (Wildman–Crippen LogP) is 5.59. The fourth-order valence-corrected chi connectivity index (χ4v) is 4.40. The summed E-state index contributed by atoms with van der Waals surface area (Å²) >= 11 is 9.01. The monoisotopic (exact) mass is 401 g/mol. The summed E-state index contributed by atoms with van der Waals surface area (Å²) in [7, 11) is 0. The van der Waals surface area contributed by atoms with Crippen molar-refractivity contribution in [2.75, 3.05) is 6.54 Å². The predicted molar refractivity (Wildman–Crippen MR) is 91.2 cm³/mol. The van der Waals surface area contributed by atoms with Crippen LogP contribution in [-0.4, -0.2) is 6.54 Å². The molecule has 1 nitrogen and oxygen atoms in total. The SMILES string of the molecule is CCNC(c1cc(Br)sc1C)c1cccc(Br)c1C. The number of aryl methyl sites for hydroxylation is 1. The van der Waals surface area contributed by atoms with Crippen molar-refractivity contribution in [1.82, 2.24) is 5.32 Å². The van der Waals surface area contributed by atoms with Crippen LogP contribution in [0, 0.1) is 13.8 Å². The summed E-state index contributed by atoms with van der Waals surface area (Å²) in [5.74, 6) is 0. The van der Waals surface area contributed by atoms with Crippen LogP contribution in [0.3, 0.4) is 0 Å². The lowest BCUT2D eigenvalue weighted by atomic mass is 9.95. The molecule has 0 amide bonds. The van der Waals surface area contributed by atoms with Gasteiger partial charge in [0, 0.05) is 9.35 Å². The van der Waals surface area contributed by atoms with Crippen molar-refractivity contribution in [3.63, 3.8) is 0 Å². The van der Waals surface area contributed by atoms with Crippen molar-refractivity contribution in [3.8, 4) is 0 Å². The van der Waals surface area contributed by atoms with Gasteiger partial charge in [-0.15, -0.1) is 11.3 Å². The van der Waals surface area contributed by atoms with E-state index >= 15 is 0 Å². The van der Waals surface area contributed by atoms with Gasteiger partial charge in [-0.05, 0) is 65.1 Å². The van der Waals surface area contributed by atoms with Crippen LogP contribution in [0.2, 0.25) is 0 Å². The standard InChI is InChI=1S/C15H17Br2NS/c1-4-18-15(12-8-14(17)19-10(12)3)11-6-5-7-13(16)9(11)2/h5-8,15,18H,4H2,1-3H3. The van der Waals surface area contributed by atoms with Gasteiger partial charge >= 0.3 is 0 Å². The Hall–Kier alpha value is -0.160. The van der Waals surface area contributed by atoms with Crippen molar-refractivity contribution < 1.29 is 0 Å². The molecule has 0 saturated heterocycles. The third kappa shape index (κ3) is 3.30. The molecule has 4 heteroatoms. The molecule has 1 aromatic carbocycles. The van der Waals surface area contributed by atoms with E-state index in [1.54, 1.807) is 11.3 Å². The van der Waals surface area contributed by atoms with Gasteiger partial charge < -0.3 is 5.32 Å². The number of hydrogen-bond donors (Lipinski definition) is 1. The Balaban J connectivity index is 2.51. The highest BCUT2D eigenvalue weighted by atomic mass is 79.9. The molecule has 1 N–H and O–H groups in total. The average molecular weight is 403 g/mol. The van der Waals surface area contributed by atoms with Gasteiger partial charge in [-0.2, -0.15) is 0 Å². The molecule has 1 atom stereocenters. The Morgan fingerprint density at radius 1 is 1.21 bits per heavy atom. The second kappa shape index (κ2) is 6.53. The van der Waals surface area contributed by atoms with Gasteiger partial charge in [-0.3, -0.25) is 0 Å². The molecule has 2 rings (SSSR count). The van der Waals surface area contributed by atoms with Gasteiger partial charge in [0.2, 0.25) is 0 Å². The van der Waals surface area contributed by atoms with Gasteiger partial charge in [0.15, 0.2) is 0 Å². The quantitative estimate of drug-likeness (QED) is 0.702. The number of nitrogens with one attached hydrogen (secondary N) is 1. The molecule has 0 aliphatic carbocycles. The Bertz CT molecular complexity index is 578. The van der Waals surface area contributed by atoms with Gasteiger partial charge in [-0.25, -0.2) is 0 Å². The van der Waals surface area contributed by atoms with E-state index < -0.39 is 0 Å². The summed E-state index contributed by atoms with van der Waals surface area (Å²) in [6, 6.07) is 8.89. The third-order valence-electron chi connectivity index (χ3n) is 3.27.